The van der Waals surface area contributed by atoms with E-state index in [1.165, 1.54) is 0 Å². The summed E-state index contributed by atoms with van der Waals surface area (Å²) in [5, 5.41) is 0. The van der Waals surface area contributed by atoms with E-state index >= 15 is 0 Å². The lowest BCUT2D eigenvalue weighted by Gasteiger charge is -2.35. The molecule has 26 heavy (non-hydrogen) atoms. The van der Waals surface area contributed by atoms with Crippen LogP contribution in [0.4, 0.5) is 19.0 Å². The average Bonchev–Trinajstić information content (AvgIpc) is 2.62. The standard InChI is InChI=1S/C17H18F3N5O/c1-2-13-9-14(23-16(22-13)12-3-5-21-6-4-12)24-7-8-25(15(26)10-24)11-17(18,19)20/h3-6,9H,2,7-8,10-11H2,1H3. The van der Waals surface area contributed by atoms with Gasteiger partial charge in [0.25, 0.3) is 0 Å². The number of amides is 1. The molecule has 2 aromatic heterocycles. The molecule has 0 saturated carbocycles. The minimum Gasteiger partial charge on any atom is -0.345 e. The molecule has 138 valence electrons. The van der Waals surface area contributed by atoms with E-state index in [1.54, 1.807) is 35.5 Å². The van der Waals surface area contributed by atoms with Gasteiger partial charge in [-0.05, 0) is 18.6 Å². The number of carbonyl (C=O) groups excluding carboxylic acids is 1. The number of nitrogens with zero attached hydrogens (tertiary/aromatic N) is 5. The Hall–Kier alpha value is -2.71. The summed E-state index contributed by atoms with van der Waals surface area (Å²) in [6, 6.07) is 5.34. The van der Waals surface area contributed by atoms with Crippen molar-refractivity contribution in [3.8, 4) is 11.4 Å². The van der Waals surface area contributed by atoms with E-state index in [0.717, 1.165) is 16.2 Å². The third kappa shape index (κ3) is 4.27. The van der Waals surface area contributed by atoms with Gasteiger partial charge < -0.3 is 9.80 Å². The summed E-state index contributed by atoms with van der Waals surface area (Å²) in [4.78, 5) is 27.6. The summed E-state index contributed by atoms with van der Waals surface area (Å²) in [6.07, 6.45) is -0.445. The molecular weight excluding hydrogens is 347 g/mol. The van der Waals surface area contributed by atoms with Crippen molar-refractivity contribution >= 4 is 11.7 Å². The smallest absolute Gasteiger partial charge is 0.345 e. The molecule has 1 amide bonds. The molecule has 0 spiro atoms. The van der Waals surface area contributed by atoms with Gasteiger partial charge in [-0.1, -0.05) is 6.92 Å². The molecule has 3 heterocycles. The minimum atomic E-state index is -4.39. The van der Waals surface area contributed by atoms with Crippen molar-refractivity contribution in [2.45, 2.75) is 19.5 Å². The fourth-order valence-corrected chi connectivity index (χ4v) is 2.74. The Morgan fingerprint density at radius 1 is 1.15 bits per heavy atom. The van der Waals surface area contributed by atoms with E-state index in [-0.39, 0.29) is 19.6 Å². The highest BCUT2D eigenvalue weighted by atomic mass is 19.4. The van der Waals surface area contributed by atoms with Gasteiger partial charge in [0.05, 0.1) is 6.54 Å². The lowest BCUT2D eigenvalue weighted by Crippen LogP contribution is -2.53. The van der Waals surface area contributed by atoms with Gasteiger partial charge in [0.1, 0.15) is 12.4 Å². The molecular formula is C17H18F3N5O. The van der Waals surface area contributed by atoms with Gasteiger partial charge in [0.15, 0.2) is 5.82 Å². The summed E-state index contributed by atoms with van der Waals surface area (Å²) in [7, 11) is 0. The number of halogens is 3. The molecule has 0 atom stereocenters. The highest BCUT2D eigenvalue weighted by Crippen LogP contribution is 2.23. The zero-order chi connectivity index (χ0) is 18.7. The normalized spacial score (nSPS) is 15.5. The zero-order valence-electron chi connectivity index (χ0n) is 14.2. The molecule has 1 saturated heterocycles. The molecule has 0 N–H and O–H groups in total. The van der Waals surface area contributed by atoms with Gasteiger partial charge in [0.2, 0.25) is 5.91 Å². The second-order valence-corrected chi connectivity index (χ2v) is 5.98. The Balaban J connectivity index is 1.83. The van der Waals surface area contributed by atoms with E-state index in [9.17, 15) is 18.0 Å². The van der Waals surface area contributed by atoms with E-state index < -0.39 is 18.6 Å². The summed E-state index contributed by atoms with van der Waals surface area (Å²) in [5.74, 6) is 0.492. The van der Waals surface area contributed by atoms with Crippen LogP contribution in [0.5, 0.6) is 0 Å². The lowest BCUT2D eigenvalue weighted by molar-refractivity contribution is -0.161. The fourth-order valence-electron chi connectivity index (χ4n) is 2.74. The maximum Gasteiger partial charge on any atom is 0.406 e. The number of rotatable bonds is 4. The maximum atomic E-state index is 12.5. The van der Waals surface area contributed by atoms with Crippen LogP contribution in [0.1, 0.15) is 12.6 Å². The monoisotopic (exact) mass is 365 g/mol. The first-order valence-electron chi connectivity index (χ1n) is 8.23. The summed E-state index contributed by atoms with van der Waals surface area (Å²) < 4.78 is 37.6. The summed E-state index contributed by atoms with van der Waals surface area (Å²) >= 11 is 0. The number of pyridine rings is 1. The highest BCUT2D eigenvalue weighted by molar-refractivity contribution is 5.82. The number of piperazine rings is 1. The fraction of sp³-hybridized carbons (Fsp3) is 0.412. The molecule has 1 aliphatic rings. The number of carbonyl (C=O) groups is 1. The molecule has 3 rings (SSSR count). The second kappa shape index (κ2) is 7.27. The number of anilines is 1. The predicted molar refractivity (Wildman–Crippen MR) is 89.5 cm³/mol. The predicted octanol–water partition coefficient (Wildman–Crippen LogP) is 2.31. The van der Waals surface area contributed by atoms with E-state index in [1.807, 2.05) is 6.92 Å². The Labute approximate surface area is 148 Å². The van der Waals surface area contributed by atoms with Crippen LogP contribution in [-0.2, 0) is 11.2 Å². The minimum absolute atomic E-state index is 0.00833. The van der Waals surface area contributed by atoms with Crippen LogP contribution in [0.2, 0.25) is 0 Å². The molecule has 2 aromatic rings. The van der Waals surface area contributed by atoms with Crippen LogP contribution in [-0.4, -0.2) is 58.1 Å². The Bertz CT molecular complexity index is 782. The first kappa shape index (κ1) is 18.1. The van der Waals surface area contributed by atoms with Gasteiger partial charge >= 0.3 is 6.18 Å². The highest BCUT2D eigenvalue weighted by Gasteiger charge is 2.35. The number of alkyl halides is 3. The van der Waals surface area contributed by atoms with Gasteiger partial charge in [0, 0.05) is 42.8 Å². The molecule has 0 radical (unpaired) electrons. The van der Waals surface area contributed by atoms with Crippen LogP contribution in [0.3, 0.4) is 0 Å². The Kier molecular flexibility index (Phi) is 5.06. The van der Waals surface area contributed by atoms with Crippen LogP contribution < -0.4 is 4.90 Å². The SMILES string of the molecule is CCc1cc(N2CCN(CC(F)(F)F)C(=O)C2)nc(-c2ccncc2)n1. The largest absolute Gasteiger partial charge is 0.406 e. The van der Waals surface area contributed by atoms with E-state index in [0.29, 0.717) is 18.1 Å². The third-order valence-electron chi connectivity index (χ3n) is 4.08. The third-order valence-corrected chi connectivity index (χ3v) is 4.08. The first-order valence-corrected chi connectivity index (χ1v) is 8.23. The van der Waals surface area contributed by atoms with Crippen LogP contribution in [0.15, 0.2) is 30.6 Å². The van der Waals surface area contributed by atoms with Gasteiger partial charge in [-0.25, -0.2) is 9.97 Å². The van der Waals surface area contributed by atoms with Gasteiger partial charge in [-0.15, -0.1) is 0 Å². The van der Waals surface area contributed by atoms with Crippen molar-refractivity contribution in [2.24, 2.45) is 0 Å². The van der Waals surface area contributed by atoms with Crippen LogP contribution >= 0.6 is 0 Å². The van der Waals surface area contributed by atoms with Crippen molar-refractivity contribution < 1.29 is 18.0 Å². The summed E-state index contributed by atoms with van der Waals surface area (Å²) in [6.45, 7) is 0.902. The molecule has 1 aliphatic heterocycles. The molecule has 0 bridgehead atoms. The Morgan fingerprint density at radius 3 is 2.50 bits per heavy atom. The second-order valence-electron chi connectivity index (χ2n) is 5.98. The first-order chi connectivity index (χ1) is 12.4. The lowest BCUT2D eigenvalue weighted by atomic mass is 10.2. The topological polar surface area (TPSA) is 62.2 Å². The molecule has 9 heteroatoms. The van der Waals surface area contributed by atoms with Gasteiger partial charge in [-0.2, -0.15) is 13.2 Å². The number of hydrogen-bond acceptors (Lipinski definition) is 5. The number of aromatic nitrogens is 3. The van der Waals surface area contributed by atoms with Crippen LogP contribution in [0.25, 0.3) is 11.4 Å². The van der Waals surface area contributed by atoms with Crippen molar-refractivity contribution in [3.63, 3.8) is 0 Å². The van der Waals surface area contributed by atoms with Crippen LogP contribution in [0, 0.1) is 0 Å². The van der Waals surface area contributed by atoms with Gasteiger partial charge in [-0.3, -0.25) is 9.78 Å². The van der Waals surface area contributed by atoms with Crippen molar-refractivity contribution in [1.82, 2.24) is 19.9 Å². The molecule has 0 aromatic carbocycles. The van der Waals surface area contributed by atoms with Crippen molar-refractivity contribution in [3.05, 3.63) is 36.3 Å². The number of aryl methyl sites for hydroxylation is 1. The van der Waals surface area contributed by atoms with E-state index in [4.69, 9.17) is 0 Å². The Morgan fingerprint density at radius 2 is 1.88 bits per heavy atom. The van der Waals surface area contributed by atoms with E-state index in [2.05, 4.69) is 15.0 Å². The molecule has 6 nitrogen and oxygen atoms in total. The summed E-state index contributed by atoms with van der Waals surface area (Å²) in [5.41, 5.74) is 1.59. The molecule has 1 fully saturated rings. The molecule has 0 aliphatic carbocycles. The zero-order valence-corrected chi connectivity index (χ0v) is 14.2. The molecule has 0 unspecified atom stereocenters. The van der Waals surface area contributed by atoms with Crippen molar-refractivity contribution in [2.75, 3.05) is 31.1 Å². The quantitative estimate of drug-likeness (QED) is 0.832. The average molecular weight is 365 g/mol. The van der Waals surface area contributed by atoms with Crippen molar-refractivity contribution in [1.29, 1.82) is 0 Å². The maximum absolute atomic E-state index is 12.5. The number of hydrogen-bond donors (Lipinski definition) is 0.